The molecule has 1 unspecified atom stereocenters. The third-order valence-electron chi connectivity index (χ3n) is 2.97. The van der Waals surface area contributed by atoms with Gasteiger partial charge in [-0.2, -0.15) is 0 Å². The molecule has 0 fully saturated rings. The predicted molar refractivity (Wildman–Crippen MR) is 76.6 cm³/mol. The lowest BCUT2D eigenvalue weighted by Crippen LogP contribution is -2.34. The zero-order valence-electron chi connectivity index (χ0n) is 11.1. The van der Waals surface area contributed by atoms with Crippen LogP contribution in [-0.2, 0) is 0 Å². The molecule has 0 aliphatic rings. The van der Waals surface area contributed by atoms with Crippen LogP contribution in [0.15, 0.2) is 43.0 Å². The van der Waals surface area contributed by atoms with E-state index in [1.165, 1.54) is 0 Å². The largest absolute Gasteiger partial charge is 0.338 e. The summed E-state index contributed by atoms with van der Waals surface area (Å²) in [5, 5.41) is 5.70. The van der Waals surface area contributed by atoms with Gasteiger partial charge in [0, 0.05) is 12.2 Å². The van der Waals surface area contributed by atoms with Crippen LogP contribution in [-0.4, -0.2) is 12.6 Å². The van der Waals surface area contributed by atoms with Gasteiger partial charge in [0.15, 0.2) is 0 Å². The number of carbonyl (C=O) groups excluding carboxylic acids is 1. The first-order valence-corrected chi connectivity index (χ1v) is 6.34. The summed E-state index contributed by atoms with van der Waals surface area (Å²) in [4.78, 5) is 11.7. The highest BCUT2D eigenvalue weighted by molar-refractivity contribution is 5.89. The average molecular weight is 246 g/mol. The van der Waals surface area contributed by atoms with Crippen LogP contribution < -0.4 is 10.6 Å². The minimum Gasteiger partial charge on any atom is -0.338 e. The fraction of sp³-hybridized carbons (Fsp3) is 0.400. The second kappa shape index (κ2) is 7.54. The van der Waals surface area contributed by atoms with Gasteiger partial charge >= 0.3 is 6.03 Å². The lowest BCUT2D eigenvalue weighted by Gasteiger charge is -2.19. The maximum absolute atomic E-state index is 11.7. The van der Waals surface area contributed by atoms with Crippen molar-refractivity contribution < 1.29 is 4.79 Å². The third kappa shape index (κ3) is 5.04. The number of urea groups is 1. The molecule has 2 N–H and O–H groups in total. The van der Waals surface area contributed by atoms with Crippen LogP contribution in [0.5, 0.6) is 0 Å². The molecule has 0 heterocycles. The van der Waals surface area contributed by atoms with E-state index in [4.69, 9.17) is 0 Å². The zero-order valence-corrected chi connectivity index (χ0v) is 11.1. The van der Waals surface area contributed by atoms with Gasteiger partial charge < -0.3 is 10.6 Å². The SMILES string of the molecule is C=CCC(CNC(=O)Nc1ccccc1)C(C)C. The second-order valence-electron chi connectivity index (χ2n) is 4.73. The summed E-state index contributed by atoms with van der Waals surface area (Å²) in [6.45, 7) is 8.73. The maximum atomic E-state index is 11.7. The average Bonchev–Trinajstić information content (AvgIpc) is 2.35. The van der Waals surface area contributed by atoms with Gasteiger partial charge in [0.2, 0.25) is 0 Å². The summed E-state index contributed by atoms with van der Waals surface area (Å²) in [7, 11) is 0. The van der Waals surface area contributed by atoms with Gasteiger partial charge in [0.05, 0.1) is 0 Å². The highest BCUT2D eigenvalue weighted by atomic mass is 16.2. The molecule has 1 aromatic carbocycles. The van der Waals surface area contributed by atoms with Crippen molar-refractivity contribution in [1.29, 1.82) is 0 Å². The molecule has 0 radical (unpaired) electrons. The van der Waals surface area contributed by atoms with Crippen LogP contribution in [0.1, 0.15) is 20.3 Å². The van der Waals surface area contributed by atoms with Crippen LogP contribution in [0.25, 0.3) is 0 Å². The van der Waals surface area contributed by atoms with Gasteiger partial charge in [0.1, 0.15) is 0 Å². The van der Waals surface area contributed by atoms with E-state index >= 15 is 0 Å². The number of allylic oxidation sites excluding steroid dienone is 1. The highest BCUT2D eigenvalue weighted by Crippen LogP contribution is 2.14. The lowest BCUT2D eigenvalue weighted by molar-refractivity contribution is 0.248. The molecule has 1 aromatic rings. The van der Waals surface area contributed by atoms with Crippen molar-refractivity contribution in [1.82, 2.24) is 5.32 Å². The van der Waals surface area contributed by atoms with Crippen molar-refractivity contribution >= 4 is 11.7 Å². The Morgan fingerprint density at radius 3 is 2.56 bits per heavy atom. The summed E-state index contributed by atoms with van der Waals surface area (Å²) in [5.74, 6) is 0.962. The number of carbonyl (C=O) groups is 1. The molecule has 0 aromatic heterocycles. The fourth-order valence-corrected chi connectivity index (χ4v) is 1.73. The Balaban J connectivity index is 2.38. The maximum Gasteiger partial charge on any atom is 0.319 e. The van der Waals surface area contributed by atoms with E-state index in [1.54, 1.807) is 0 Å². The number of amides is 2. The Morgan fingerprint density at radius 2 is 2.00 bits per heavy atom. The van der Waals surface area contributed by atoms with E-state index in [0.29, 0.717) is 18.4 Å². The van der Waals surface area contributed by atoms with Crippen LogP contribution >= 0.6 is 0 Å². The Labute approximate surface area is 109 Å². The molecule has 0 aliphatic carbocycles. The van der Waals surface area contributed by atoms with Gasteiger partial charge in [-0.15, -0.1) is 6.58 Å². The number of nitrogens with one attached hydrogen (secondary N) is 2. The van der Waals surface area contributed by atoms with Crippen LogP contribution in [0, 0.1) is 11.8 Å². The summed E-state index contributed by atoms with van der Waals surface area (Å²) >= 11 is 0. The number of hydrogen-bond acceptors (Lipinski definition) is 1. The minimum absolute atomic E-state index is 0.157. The molecule has 1 atom stereocenters. The van der Waals surface area contributed by atoms with Gasteiger partial charge in [-0.05, 0) is 30.4 Å². The Bertz CT molecular complexity index is 373. The Hall–Kier alpha value is -1.77. The molecular formula is C15H22N2O. The van der Waals surface area contributed by atoms with Crippen LogP contribution in [0.3, 0.4) is 0 Å². The Morgan fingerprint density at radius 1 is 1.33 bits per heavy atom. The third-order valence-corrected chi connectivity index (χ3v) is 2.97. The molecule has 3 heteroatoms. The molecule has 0 spiro atoms. The van der Waals surface area contributed by atoms with Crippen LogP contribution in [0.2, 0.25) is 0 Å². The first-order valence-electron chi connectivity index (χ1n) is 6.34. The van der Waals surface area contributed by atoms with Gasteiger partial charge in [-0.3, -0.25) is 0 Å². The number of para-hydroxylation sites is 1. The Kier molecular flexibility index (Phi) is 5.98. The van der Waals surface area contributed by atoms with E-state index in [1.807, 2.05) is 36.4 Å². The minimum atomic E-state index is -0.157. The normalized spacial score (nSPS) is 11.9. The van der Waals surface area contributed by atoms with Crippen molar-refractivity contribution in [3.63, 3.8) is 0 Å². The first-order chi connectivity index (χ1) is 8.63. The first kappa shape index (κ1) is 14.3. The van der Waals surface area contributed by atoms with Crippen molar-refractivity contribution in [2.24, 2.45) is 11.8 Å². The smallest absolute Gasteiger partial charge is 0.319 e. The molecular weight excluding hydrogens is 224 g/mol. The zero-order chi connectivity index (χ0) is 13.4. The molecule has 98 valence electrons. The van der Waals surface area contributed by atoms with E-state index in [9.17, 15) is 4.79 Å². The van der Waals surface area contributed by atoms with Gasteiger partial charge in [-0.1, -0.05) is 38.1 Å². The predicted octanol–water partition coefficient (Wildman–Crippen LogP) is 3.66. The fourth-order valence-electron chi connectivity index (χ4n) is 1.73. The quantitative estimate of drug-likeness (QED) is 0.739. The van der Waals surface area contributed by atoms with E-state index < -0.39 is 0 Å². The summed E-state index contributed by atoms with van der Waals surface area (Å²) < 4.78 is 0. The second-order valence-corrected chi connectivity index (χ2v) is 4.73. The lowest BCUT2D eigenvalue weighted by atomic mass is 9.92. The molecule has 2 amide bonds. The number of hydrogen-bond donors (Lipinski definition) is 2. The number of anilines is 1. The van der Waals surface area contributed by atoms with E-state index in [2.05, 4.69) is 31.1 Å². The van der Waals surface area contributed by atoms with Crippen LogP contribution in [0.4, 0.5) is 10.5 Å². The van der Waals surface area contributed by atoms with Crippen molar-refractivity contribution in [3.05, 3.63) is 43.0 Å². The molecule has 3 nitrogen and oxygen atoms in total. The molecule has 0 aliphatic heterocycles. The monoisotopic (exact) mass is 246 g/mol. The van der Waals surface area contributed by atoms with Gasteiger partial charge in [0.25, 0.3) is 0 Å². The van der Waals surface area contributed by atoms with E-state index in [-0.39, 0.29) is 6.03 Å². The molecule has 0 saturated carbocycles. The topological polar surface area (TPSA) is 41.1 Å². The summed E-state index contributed by atoms with van der Waals surface area (Å²) in [5.41, 5.74) is 0.805. The van der Waals surface area contributed by atoms with Crippen molar-refractivity contribution in [3.8, 4) is 0 Å². The number of rotatable bonds is 6. The molecule has 0 bridgehead atoms. The number of benzene rings is 1. The van der Waals surface area contributed by atoms with Crippen molar-refractivity contribution in [2.75, 3.05) is 11.9 Å². The standard InChI is InChI=1S/C15H22N2O/c1-4-8-13(12(2)3)11-16-15(18)17-14-9-6-5-7-10-14/h4-7,9-10,12-13H,1,8,11H2,2-3H3,(H2,16,17,18). The van der Waals surface area contributed by atoms with E-state index in [0.717, 1.165) is 12.1 Å². The van der Waals surface area contributed by atoms with Crippen molar-refractivity contribution in [2.45, 2.75) is 20.3 Å². The van der Waals surface area contributed by atoms with Gasteiger partial charge in [-0.25, -0.2) is 4.79 Å². The summed E-state index contributed by atoms with van der Waals surface area (Å²) in [6, 6.07) is 9.28. The highest BCUT2D eigenvalue weighted by Gasteiger charge is 2.12. The molecule has 0 saturated heterocycles. The summed E-state index contributed by atoms with van der Waals surface area (Å²) in [6.07, 6.45) is 2.82. The molecule has 18 heavy (non-hydrogen) atoms. The molecule has 1 rings (SSSR count).